The first-order valence-corrected chi connectivity index (χ1v) is 11.5. The summed E-state index contributed by atoms with van der Waals surface area (Å²) < 4.78 is 9.09. The van der Waals surface area contributed by atoms with Gasteiger partial charge in [-0.1, -0.05) is 30.3 Å². The summed E-state index contributed by atoms with van der Waals surface area (Å²) in [6.07, 6.45) is 3.33. The second-order valence-electron chi connectivity index (χ2n) is 7.99. The number of carboxylic acid groups (broad SMARTS) is 2. The number of hydrogen-bond acceptors (Lipinski definition) is 7. The number of rotatable bonds is 5. The summed E-state index contributed by atoms with van der Waals surface area (Å²) in [5.74, 6) is -1.51. The van der Waals surface area contributed by atoms with Gasteiger partial charge in [0.2, 0.25) is 0 Å². The average Bonchev–Trinajstić information content (AvgIpc) is 3.55. The maximum absolute atomic E-state index is 12.1. The molecular weight excluding hydrogens is 478 g/mol. The van der Waals surface area contributed by atoms with Gasteiger partial charge < -0.3 is 15.2 Å². The number of hydrogen-bond donors (Lipinski definition) is 3. The lowest BCUT2D eigenvalue weighted by atomic mass is 9.93. The van der Waals surface area contributed by atoms with E-state index in [1.165, 1.54) is 12.1 Å². The van der Waals surface area contributed by atoms with Crippen LogP contribution in [0.2, 0.25) is 0 Å². The van der Waals surface area contributed by atoms with Gasteiger partial charge in [0.15, 0.2) is 0 Å². The maximum atomic E-state index is 12.1. The lowest BCUT2D eigenvalue weighted by molar-refractivity contribution is 0.0686. The van der Waals surface area contributed by atoms with Crippen molar-refractivity contribution in [3.8, 4) is 33.6 Å². The van der Waals surface area contributed by atoms with Crippen LogP contribution in [0.3, 0.4) is 0 Å². The molecule has 0 atom stereocenters. The first kappa shape index (κ1) is 21.6. The molecule has 0 bridgehead atoms. The van der Waals surface area contributed by atoms with Crippen molar-refractivity contribution in [3.05, 3.63) is 84.2 Å². The minimum absolute atomic E-state index is 0.131. The Morgan fingerprint density at radius 1 is 0.750 bits per heavy atom. The monoisotopic (exact) mass is 493 g/mol. The molecule has 3 heterocycles. The molecule has 0 amide bonds. The van der Waals surface area contributed by atoms with Crippen molar-refractivity contribution in [3.63, 3.8) is 0 Å². The van der Waals surface area contributed by atoms with Crippen LogP contribution in [0.15, 0.2) is 73.1 Å². The molecule has 0 radical (unpaired) electrons. The van der Waals surface area contributed by atoms with Gasteiger partial charge >= 0.3 is 11.9 Å². The molecule has 36 heavy (non-hydrogen) atoms. The Bertz CT molecular complexity index is 1790. The normalized spacial score (nSPS) is 11.2. The Morgan fingerprint density at radius 3 is 2.14 bits per heavy atom. The number of benzene rings is 3. The van der Waals surface area contributed by atoms with Gasteiger partial charge in [0.25, 0.3) is 0 Å². The summed E-state index contributed by atoms with van der Waals surface area (Å²) >= 11 is 1.02. The van der Waals surface area contributed by atoms with Gasteiger partial charge in [-0.15, -0.1) is 0 Å². The van der Waals surface area contributed by atoms with Crippen LogP contribution in [0.4, 0.5) is 0 Å². The highest BCUT2D eigenvalue weighted by molar-refractivity contribution is 7.00. The molecule has 0 fully saturated rings. The fourth-order valence-corrected chi connectivity index (χ4v) is 4.89. The topological polar surface area (TPSA) is 142 Å². The van der Waals surface area contributed by atoms with Crippen molar-refractivity contribution in [2.45, 2.75) is 0 Å². The lowest BCUT2D eigenvalue weighted by Gasteiger charge is -2.11. The SMILES string of the molecule is O=C(O)c1ccc(-c2c3nsnc3c(-c3ccccc3C(=O)O)c3[nH]c(-c4ccncc4)nc23)cc1. The highest BCUT2D eigenvalue weighted by Crippen LogP contribution is 2.43. The third-order valence-electron chi connectivity index (χ3n) is 5.95. The summed E-state index contributed by atoms with van der Waals surface area (Å²) in [4.78, 5) is 35.8. The molecule has 174 valence electrons. The molecule has 0 aliphatic rings. The molecule has 9 nitrogen and oxygen atoms in total. The van der Waals surface area contributed by atoms with E-state index in [2.05, 4.69) is 18.7 Å². The predicted molar refractivity (Wildman–Crippen MR) is 135 cm³/mol. The van der Waals surface area contributed by atoms with Gasteiger partial charge in [0.05, 0.1) is 33.9 Å². The molecular formula is C26H15N5O4S. The lowest BCUT2D eigenvalue weighted by Crippen LogP contribution is -2.00. The number of imidazole rings is 1. The first-order chi connectivity index (χ1) is 17.5. The highest BCUT2D eigenvalue weighted by Gasteiger charge is 2.25. The number of aromatic nitrogens is 5. The molecule has 0 aliphatic heterocycles. The predicted octanol–water partition coefficient (Wildman–Crippen LogP) is 5.36. The molecule has 3 N–H and O–H groups in total. The number of carbonyl (C=O) groups is 2. The number of aromatic carboxylic acids is 2. The minimum Gasteiger partial charge on any atom is -0.478 e. The molecule has 0 saturated carbocycles. The van der Waals surface area contributed by atoms with E-state index >= 15 is 0 Å². The number of fused-ring (bicyclic) bond motifs is 2. The van der Waals surface area contributed by atoms with E-state index in [0.29, 0.717) is 50.1 Å². The zero-order valence-corrected chi connectivity index (χ0v) is 19.2. The van der Waals surface area contributed by atoms with Crippen LogP contribution in [0, 0.1) is 0 Å². The Kier molecular flexibility index (Phi) is 5.01. The zero-order valence-electron chi connectivity index (χ0n) is 18.3. The van der Waals surface area contributed by atoms with Crippen LogP contribution in [-0.4, -0.2) is 45.9 Å². The van der Waals surface area contributed by atoms with Gasteiger partial charge in [0, 0.05) is 34.6 Å². The largest absolute Gasteiger partial charge is 0.478 e. The van der Waals surface area contributed by atoms with Crippen LogP contribution in [0.1, 0.15) is 20.7 Å². The quantitative estimate of drug-likeness (QED) is 0.291. The summed E-state index contributed by atoms with van der Waals surface area (Å²) in [6.45, 7) is 0. The number of nitrogens with one attached hydrogen (secondary N) is 1. The molecule has 0 saturated heterocycles. The summed E-state index contributed by atoms with van der Waals surface area (Å²) in [6, 6.07) is 16.9. The number of aromatic amines is 1. The summed E-state index contributed by atoms with van der Waals surface area (Å²) in [5, 5.41) is 19.2. The molecule has 0 spiro atoms. The van der Waals surface area contributed by atoms with E-state index in [9.17, 15) is 19.8 Å². The van der Waals surface area contributed by atoms with Gasteiger partial charge in [-0.3, -0.25) is 4.98 Å². The second-order valence-corrected chi connectivity index (χ2v) is 8.52. The first-order valence-electron chi connectivity index (χ1n) is 10.8. The molecule has 6 rings (SSSR count). The van der Waals surface area contributed by atoms with Crippen molar-refractivity contribution in [1.82, 2.24) is 23.7 Å². The Morgan fingerprint density at radius 2 is 1.44 bits per heavy atom. The standard InChI is InChI=1S/C26H15N5O4S/c32-25(33)15-7-5-13(6-8-15)18-20-21(29-24(28-20)14-9-11-27-12-10-14)19(23-22(18)30-36-31-23)16-3-1-2-4-17(16)26(34)35/h1-12H,(H,28,29)(H,32,33)(H,34,35). The fraction of sp³-hybridized carbons (Fsp3) is 0. The van der Waals surface area contributed by atoms with Crippen LogP contribution in [-0.2, 0) is 0 Å². The maximum Gasteiger partial charge on any atom is 0.336 e. The number of pyridine rings is 1. The molecule has 6 aromatic rings. The molecule has 3 aromatic carbocycles. The van der Waals surface area contributed by atoms with Crippen LogP contribution in [0.25, 0.3) is 55.7 Å². The third-order valence-corrected chi connectivity index (χ3v) is 6.48. The van der Waals surface area contributed by atoms with Gasteiger partial charge in [-0.2, -0.15) is 8.75 Å². The number of H-pyrrole nitrogens is 1. The zero-order chi connectivity index (χ0) is 24.8. The van der Waals surface area contributed by atoms with Crippen LogP contribution in [0.5, 0.6) is 0 Å². The number of carboxylic acids is 2. The van der Waals surface area contributed by atoms with Gasteiger partial charge in [0.1, 0.15) is 16.9 Å². The molecule has 0 unspecified atom stereocenters. The van der Waals surface area contributed by atoms with Crippen molar-refractivity contribution in [2.24, 2.45) is 0 Å². The van der Waals surface area contributed by atoms with Gasteiger partial charge in [-0.25, -0.2) is 14.6 Å². The van der Waals surface area contributed by atoms with Crippen molar-refractivity contribution >= 4 is 45.7 Å². The smallest absolute Gasteiger partial charge is 0.336 e. The van der Waals surface area contributed by atoms with E-state index in [0.717, 1.165) is 17.3 Å². The van der Waals surface area contributed by atoms with E-state index < -0.39 is 11.9 Å². The van der Waals surface area contributed by atoms with Crippen molar-refractivity contribution in [2.75, 3.05) is 0 Å². The van der Waals surface area contributed by atoms with E-state index in [1.807, 2.05) is 12.1 Å². The average molecular weight is 494 g/mol. The molecule has 0 aliphatic carbocycles. The van der Waals surface area contributed by atoms with Crippen LogP contribution < -0.4 is 0 Å². The van der Waals surface area contributed by atoms with E-state index in [1.54, 1.807) is 48.8 Å². The Hall–Kier alpha value is -4.96. The second kappa shape index (κ2) is 8.36. The van der Waals surface area contributed by atoms with Crippen molar-refractivity contribution in [1.29, 1.82) is 0 Å². The van der Waals surface area contributed by atoms with Gasteiger partial charge in [-0.05, 0) is 35.9 Å². The van der Waals surface area contributed by atoms with Crippen LogP contribution >= 0.6 is 11.7 Å². The third kappa shape index (κ3) is 3.39. The molecule has 3 aromatic heterocycles. The number of nitrogens with zero attached hydrogens (tertiary/aromatic N) is 4. The Balaban J connectivity index is 1.74. The Labute approximate surface area is 207 Å². The highest BCUT2D eigenvalue weighted by atomic mass is 32.1. The molecule has 10 heteroatoms. The summed E-state index contributed by atoms with van der Waals surface area (Å²) in [5.41, 5.74) is 5.83. The minimum atomic E-state index is -1.06. The summed E-state index contributed by atoms with van der Waals surface area (Å²) in [7, 11) is 0. The van der Waals surface area contributed by atoms with Crippen molar-refractivity contribution < 1.29 is 19.8 Å². The van der Waals surface area contributed by atoms with E-state index in [4.69, 9.17) is 4.98 Å². The fourth-order valence-electron chi connectivity index (χ4n) is 4.33. The van der Waals surface area contributed by atoms with E-state index in [-0.39, 0.29) is 11.1 Å².